The summed E-state index contributed by atoms with van der Waals surface area (Å²) in [5.74, 6) is -0.506. The van der Waals surface area contributed by atoms with Gasteiger partial charge in [-0.25, -0.2) is 0 Å². The number of aliphatic carboxylic acids is 1. The number of hydrogen-bond acceptors (Lipinski definition) is 4. The van der Waals surface area contributed by atoms with Crippen LogP contribution in [0.5, 0.6) is 5.75 Å². The van der Waals surface area contributed by atoms with E-state index in [0.717, 1.165) is 0 Å². The number of benzene rings is 1. The van der Waals surface area contributed by atoms with E-state index in [1.807, 2.05) is 0 Å². The molecule has 19 heavy (non-hydrogen) atoms. The molecule has 0 atom stereocenters. The Morgan fingerprint density at radius 3 is 2.74 bits per heavy atom. The van der Waals surface area contributed by atoms with Crippen molar-refractivity contribution in [1.29, 1.82) is 0 Å². The van der Waals surface area contributed by atoms with Crippen LogP contribution in [-0.2, 0) is 4.79 Å². The summed E-state index contributed by atoms with van der Waals surface area (Å²) >= 11 is 0. The van der Waals surface area contributed by atoms with Crippen molar-refractivity contribution >= 4 is 17.6 Å². The third-order valence-corrected chi connectivity index (χ3v) is 3.16. The molecule has 0 saturated carbocycles. The molecule has 0 aliphatic carbocycles. The lowest BCUT2D eigenvalue weighted by molar-refractivity contribution is -0.139. The van der Waals surface area contributed by atoms with Crippen molar-refractivity contribution in [3.05, 3.63) is 23.8 Å². The van der Waals surface area contributed by atoms with Crippen molar-refractivity contribution in [2.75, 3.05) is 25.9 Å². The number of nitrogen functional groups attached to an aromatic ring is 1. The summed E-state index contributed by atoms with van der Waals surface area (Å²) in [4.78, 5) is 24.4. The van der Waals surface area contributed by atoms with Gasteiger partial charge in [-0.2, -0.15) is 0 Å². The number of rotatable bonds is 4. The first-order valence-corrected chi connectivity index (χ1v) is 5.96. The minimum absolute atomic E-state index is 0.0428. The largest absolute Gasteiger partial charge is 0.496 e. The number of carboxylic acid groups (broad SMARTS) is 1. The fourth-order valence-electron chi connectivity index (χ4n) is 2.17. The number of nitrogens with zero attached hydrogens (tertiary/aromatic N) is 1. The summed E-state index contributed by atoms with van der Waals surface area (Å²) in [5, 5.41) is 8.67. The molecule has 0 unspecified atom stereocenters. The number of amides is 1. The molecule has 1 heterocycles. The first kappa shape index (κ1) is 13.2. The number of ether oxygens (including phenoxy) is 1. The Labute approximate surface area is 110 Å². The van der Waals surface area contributed by atoms with E-state index in [9.17, 15) is 9.59 Å². The molecule has 1 aromatic carbocycles. The van der Waals surface area contributed by atoms with Gasteiger partial charge in [0.15, 0.2) is 0 Å². The maximum absolute atomic E-state index is 12.2. The lowest BCUT2D eigenvalue weighted by Crippen LogP contribution is -2.50. The topological polar surface area (TPSA) is 92.9 Å². The molecule has 0 radical (unpaired) electrons. The quantitative estimate of drug-likeness (QED) is 0.785. The van der Waals surface area contributed by atoms with E-state index >= 15 is 0 Å². The standard InChI is InChI=1S/C13H16N2O4/c1-19-11-5-9(14)2-3-10(11)13(18)15-6-8(7-15)4-12(16)17/h2-3,5,8H,4,6-7,14H2,1H3,(H,16,17). The maximum Gasteiger partial charge on any atom is 0.303 e. The van der Waals surface area contributed by atoms with Crippen LogP contribution in [0, 0.1) is 5.92 Å². The second kappa shape index (κ2) is 5.17. The number of hydrogen-bond donors (Lipinski definition) is 2. The second-order valence-electron chi connectivity index (χ2n) is 4.63. The van der Waals surface area contributed by atoms with Gasteiger partial charge in [0.25, 0.3) is 5.91 Å². The third-order valence-electron chi connectivity index (χ3n) is 3.16. The molecule has 1 fully saturated rings. The van der Waals surface area contributed by atoms with E-state index in [1.165, 1.54) is 7.11 Å². The summed E-state index contributed by atoms with van der Waals surface area (Å²) in [5.41, 5.74) is 6.61. The van der Waals surface area contributed by atoms with Gasteiger partial charge in [-0.1, -0.05) is 0 Å². The Kier molecular flexibility index (Phi) is 3.59. The highest BCUT2D eigenvalue weighted by molar-refractivity contribution is 5.98. The average molecular weight is 264 g/mol. The minimum atomic E-state index is -0.831. The summed E-state index contributed by atoms with van der Waals surface area (Å²) in [6.07, 6.45) is 0.0999. The molecular formula is C13H16N2O4. The van der Waals surface area contributed by atoms with Crippen LogP contribution in [-0.4, -0.2) is 42.1 Å². The Morgan fingerprint density at radius 1 is 1.47 bits per heavy atom. The summed E-state index contributed by atoms with van der Waals surface area (Å²) in [6.45, 7) is 0.942. The molecule has 3 N–H and O–H groups in total. The zero-order valence-corrected chi connectivity index (χ0v) is 10.6. The molecule has 6 nitrogen and oxygen atoms in total. The van der Waals surface area contributed by atoms with E-state index < -0.39 is 5.97 Å². The fraction of sp³-hybridized carbons (Fsp3) is 0.385. The third kappa shape index (κ3) is 2.78. The molecule has 2 rings (SSSR count). The lowest BCUT2D eigenvalue weighted by atomic mass is 9.95. The predicted octanol–water partition coefficient (Wildman–Crippen LogP) is 0.824. The molecule has 0 spiro atoms. The predicted molar refractivity (Wildman–Crippen MR) is 69.1 cm³/mol. The lowest BCUT2D eigenvalue weighted by Gasteiger charge is -2.38. The maximum atomic E-state index is 12.2. The normalized spacial score (nSPS) is 14.9. The van der Waals surface area contributed by atoms with Crippen molar-refractivity contribution < 1.29 is 19.4 Å². The number of carbonyl (C=O) groups excluding carboxylic acids is 1. The van der Waals surface area contributed by atoms with Gasteiger partial charge in [-0.3, -0.25) is 9.59 Å². The first-order valence-electron chi connectivity index (χ1n) is 5.96. The van der Waals surface area contributed by atoms with Crippen LogP contribution in [0.1, 0.15) is 16.8 Å². The summed E-state index contributed by atoms with van der Waals surface area (Å²) < 4.78 is 5.14. The molecular weight excluding hydrogens is 248 g/mol. The van der Waals surface area contributed by atoms with Crippen LogP contribution < -0.4 is 10.5 Å². The van der Waals surface area contributed by atoms with Gasteiger partial charge >= 0.3 is 5.97 Å². The second-order valence-corrected chi connectivity index (χ2v) is 4.63. The molecule has 0 aromatic heterocycles. The zero-order valence-electron chi connectivity index (χ0n) is 10.6. The number of carboxylic acids is 1. The first-order chi connectivity index (χ1) is 9.01. The molecule has 102 valence electrons. The minimum Gasteiger partial charge on any atom is -0.496 e. The van der Waals surface area contributed by atoms with Crippen molar-refractivity contribution in [1.82, 2.24) is 4.90 Å². The van der Waals surface area contributed by atoms with E-state index in [0.29, 0.717) is 30.1 Å². The smallest absolute Gasteiger partial charge is 0.303 e. The number of anilines is 1. The van der Waals surface area contributed by atoms with Crippen LogP contribution in [0.25, 0.3) is 0 Å². The highest BCUT2D eigenvalue weighted by Gasteiger charge is 2.33. The number of likely N-dealkylation sites (tertiary alicyclic amines) is 1. The van der Waals surface area contributed by atoms with Gasteiger partial charge in [0.2, 0.25) is 0 Å². The van der Waals surface area contributed by atoms with Crippen LogP contribution in [0.15, 0.2) is 18.2 Å². The van der Waals surface area contributed by atoms with Gasteiger partial charge in [-0.05, 0) is 12.1 Å². The van der Waals surface area contributed by atoms with Gasteiger partial charge in [0.05, 0.1) is 19.1 Å². The molecule has 6 heteroatoms. The van der Waals surface area contributed by atoms with Crippen molar-refractivity contribution in [2.24, 2.45) is 5.92 Å². The molecule has 0 bridgehead atoms. The van der Waals surface area contributed by atoms with E-state index in [-0.39, 0.29) is 18.2 Å². The zero-order chi connectivity index (χ0) is 14.0. The highest BCUT2D eigenvalue weighted by atomic mass is 16.5. The Balaban J connectivity index is 2.04. The fourth-order valence-corrected chi connectivity index (χ4v) is 2.17. The van der Waals surface area contributed by atoms with Crippen LogP contribution in [0.2, 0.25) is 0 Å². The monoisotopic (exact) mass is 264 g/mol. The SMILES string of the molecule is COc1cc(N)ccc1C(=O)N1CC(CC(=O)O)C1. The number of methoxy groups -OCH3 is 1. The van der Waals surface area contributed by atoms with Gasteiger partial charge < -0.3 is 20.5 Å². The van der Waals surface area contributed by atoms with Crippen molar-refractivity contribution in [2.45, 2.75) is 6.42 Å². The summed E-state index contributed by atoms with van der Waals surface area (Å²) in [7, 11) is 1.48. The van der Waals surface area contributed by atoms with Crippen molar-refractivity contribution in [3.8, 4) is 5.75 Å². The van der Waals surface area contributed by atoms with Crippen molar-refractivity contribution in [3.63, 3.8) is 0 Å². The van der Waals surface area contributed by atoms with E-state index in [2.05, 4.69) is 0 Å². The molecule has 1 aliphatic heterocycles. The van der Waals surface area contributed by atoms with Gasteiger partial charge in [0.1, 0.15) is 5.75 Å². The molecule has 1 aromatic rings. The van der Waals surface area contributed by atoms with E-state index in [1.54, 1.807) is 23.1 Å². The number of carbonyl (C=O) groups is 2. The molecule has 1 saturated heterocycles. The average Bonchev–Trinajstić information content (AvgIpc) is 2.32. The Bertz CT molecular complexity index is 509. The van der Waals surface area contributed by atoms with Gasteiger partial charge in [-0.15, -0.1) is 0 Å². The summed E-state index contributed by atoms with van der Waals surface area (Å²) in [6, 6.07) is 4.87. The molecule has 1 amide bonds. The van der Waals surface area contributed by atoms with E-state index in [4.69, 9.17) is 15.6 Å². The van der Waals surface area contributed by atoms with Crippen LogP contribution in [0.3, 0.4) is 0 Å². The van der Waals surface area contributed by atoms with Crippen LogP contribution >= 0.6 is 0 Å². The van der Waals surface area contributed by atoms with Crippen LogP contribution in [0.4, 0.5) is 5.69 Å². The Morgan fingerprint density at radius 2 is 2.16 bits per heavy atom. The Hall–Kier alpha value is -2.24. The molecule has 1 aliphatic rings. The van der Waals surface area contributed by atoms with Gasteiger partial charge in [0, 0.05) is 30.8 Å². The highest BCUT2D eigenvalue weighted by Crippen LogP contribution is 2.27. The number of nitrogens with two attached hydrogens (primary N) is 1.